The third-order valence-corrected chi connectivity index (χ3v) is 3.18. The zero-order valence-electron chi connectivity index (χ0n) is 11.0. The van der Waals surface area contributed by atoms with Gasteiger partial charge in [-0.25, -0.2) is 0 Å². The van der Waals surface area contributed by atoms with E-state index in [1.807, 2.05) is 24.3 Å². The Morgan fingerprint density at radius 3 is 1.80 bits per heavy atom. The van der Waals surface area contributed by atoms with Crippen molar-refractivity contribution in [3.63, 3.8) is 0 Å². The molecule has 20 heavy (non-hydrogen) atoms. The molecule has 0 amide bonds. The normalized spacial score (nSPS) is 12.1. The highest BCUT2D eigenvalue weighted by Crippen LogP contribution is 2.22. The minimum atomic E-state index is -0.865. The van der Waals surface area contributed by atoms with Crippen molar-refractivity contribution >= 4 is 5.97 Å². The lowest BCUT2D eigenvalue weighted by atomic mass is 9.99. The molecule has 104 valence electrons. The predicted molar refractivity (Wildman–Crippen MR) is 76.2 cm³/mol. The monoisotopic (exact) mass is 271 g/mol. The summed E-state index contributed by atoms with van der Waals surface area (Å²) < 4.78 is 0. The molecular formula is C16H17NO3. The van der Waals surface area contributed by atoms with Crippen molar-refractivity contribution in [2.45, 2.75) is 19.1 Å². The second kappa shape index (κ2) is 6.32. The van der Waals surface area contributed by atoms with E-state index in [-0.39, 0.29) is 6.42 Å². The highest BCUT2D eigenvalue weighted by Gasteiger charge is 2.10. The number of carboxylic acids is 1. The summed E-state index contributed by atoms with van der Waals surface area (Å²) in [6.07, 6.45) is -0.734. The first-order valence-electron chi connectivity index (χ1n) is 6.37. The van der Waals surface area contributed by atoms with Crippen LogP contribution < -0.4 is 5.73 Å². The van der Waals surface area contributed by atoms with Crippen LogP contribution in [0, 0.1) is 0 Å². The molecule has 4 nitrogen and oxygen atoms in total. The van der Waals surface area contributed by atoms with Gasteiger partial charge in [0, 0.05) is 6.54 Å². The zero-order valence-corrected chi connectivity index (χ0v) is 11.0. The van der Waals surface area contributed by atoms with Crippen LogP contribution in [0.3, 0.4) is 0 Å². The standard InChI is InChI=1S/C16H17NO3/c17-10-12-3-7-14(8-4-12)16(20)13-5-1-11(2-6-13)9-15(18)19/h1-8,16,20H,9-10,17H2,(H,18,19). The minimum Gasteiger partial charge on any atom is -0.481 e. The maximum absolute atomic E-state index is 10.6. The Morgan fingerprint density at radius 2 is 1.40 bits per heavy atom. The smallest absolute Gasteiger partial charge is 0.307 e. The van der Waals surface area contributed by atoms with Crippen molar-refractivity contribution in [2.75, 3.05) is 0 Å². The van der Waals surface area contributed by atoms with Crippen LogP contribution in [0.1, 0.15) is 28.4 Å². The Labute approximate surface area is 117 Å². The molecule has 0 aromatic heterocycles. The Kier molecular flexibility index (Phi) is 4.50. The van der Waals surface area contributed by atoms with Crippen molar-refractivity contribution in [1.82, 2.24) is 0 Å². The fourth-order valence-corrected chi connectivity index (χ4v) is 2.02. The Hall–Kier alpha value is -2.17. The third-order valence-electron chi connectivity index (χ3n) is 3.18. The summed E-state index contributed by atoms with van der Waals surface area (Å²) in [4.78, 5) is 10.6. The van der Waals surface area contributed by atoms with Crippen LogP contribution in [-0.4, -0.2) is 16.2 Å². The first-order valence-corrected chi connectivity index (χ1v) is 6.37. The molecule has 0 heterocycles. The molecule has 0 aliphatic heterocycles. The number of aliphatic hydroxyl groups is 1. The van der Waals surface area contributed by atoms with Crippen LogP contribution in [0.15, 0.2) is 48.5 Å². The second-order valence-electron chi connectivity index (χ2n) is 4.66. The predicted octanol–water partition coefficient (Wildman–Crippen LogP) is 1.85. The van der Waals surface area contributed by atoms with Gasteiger partial charge >= 0.3 is 5.97 Å². The maximum atomic E-state index is 10.6. The van der Waals surface area contributed by atoms with E-state index in [1.54, 1.807) is 24.3 Å². The lowest BCUT2D eigenvalue weighted by Crippen LogP contribution is -2.03. The summed E-state index contributed by atoms with van der Waals surface area (Å²) in [6.45, 7) is 0.472. The lowest BCUT2D eigenvalue weighted by Gasteiger charge is -2.12. The van der Waals surface area contributed by atoms with Crippen molar-refractivity contribution in [1.29, 1.82) is 0 Å². The number of aliphatic carboxylic acids is 1. The van der Waals surface area contributed by atoms with E-state index >= 15 is 0 Å². The molecule has 0 fully saturated rings. The fourth-order valence-electron chi connectivity index (χ4n) is 2.02. The Morgan fingerprint density at radius 1 is 0.950 bits per heavy atom. The second-order valence-corrected chi connectivity index (χ2v) is 4.66. The Balaban J connectivity index is 2.15. The quantitative estimate of drug-likeness (QED) is 0.775. The molecule has 0 saturated heterocycles. The molecule has 0 bridgehead atoms. The molecule has 0 radical (unpaired) electrons. The number of nitrogens with two attached hydrogens (primary N) is 1. The van der Waals surface area contributed by atoms with Crippen LogP contribution in [0.25, 0.3) is 0 Å². The van der Waals surface area contributed by atoms with Crippen molar-refractivity contribution in [3.8, 4) is 0 Å². The largest absolute Gasteiger partial charge is 0.481 e. The van der Waals surface area contributed by atoms with Crippen LogP contribution in [-0.2, 0) is 17.8 Å². The van der Waals surface area contributed by atoms with Gasteiger partial charge in [-0.1, -0.05) is 48.5 Å². The molecular weight excluding hydrogens is 254 g/mol. The average Bonchev–Trinajstić information content (AvgIpc) is 2.47. The van der Waals surface area contributed by atoms with Crippen molar-refractivity contribution in [3.05, 3.63) is 70.8 Å². The van der Waals surface area contributed by atoms with Gasteiger partial charge < -0.3 is 15.9 Å². The van der Waals surface area contributed by atoms with E-state index in [2.05, 4.69) is 0 Å². The molecule has 4 heteroatoms. The highest BCUT2D eigenvalue weighted by atomic mass is 16.4. The summed E-state index contributed by atoms with van der Waals surface area (Å²) >= 11 is 0. The summed E-state index contributed by atoms with van der Waals surface area (Å²) in [7, 11) is 0. The third kappa shape index (κ3) is 3.44. The topological polar surface area (TPSA) is 83.5 Å². The summed E-state index contributed by atoms with van der Waals surface area (Å²) in [5, 5.41) is 19.0. The van der Waals surface area contributed by atoms with Crippen LogP contribution in [0.2, 0.25) is 0 Å². The summed E-state index contributed by atoms with van der Waals surface area (Å²) in [5.74, 6) is -0.865. The van der Waals surface area contributed by atoms with Crippen LogP contribution in [0.5, 0.6) is 0 Å². The lowest BCUT2D eigenvalue weighted by molar-refractivity contribution is -0.136. The molecule has 0 aliphatic rings. The highest BCUT2D eigenvalue weighted by molar-refractivity contribution is 5.70. The molecule has 2 rings (SSSR count). The van der Waals surface area contributed by atoms with Gasteiger partial charge in [0.1, 0.15) is 6.10 Å². The number of hydrogen-bond donors (Lipinski definition) is 3. The molecule has 1 atom stereocenters. The van der Waals surface area contributed by atoms with Gasteiger partial charge in [0.2, 0.25) is 0 Å². The number of carbonyl (C=O) groups is 1. The van der Waals surface area contributed by atoms with E-state index < -0.39 is 12.1 Å². The number of carboxylic acid groups (broad SMARTS) is 1. The van der Waals surface area contributed by atoms with Gasteiger partial charge in [0.25, 0.3) is 0 Å². The molecule has 1 unspecified atom stereocenters. The van der Waals surface area contributed by atoms with Crippen LogP contribution >= 0.6 is 0 Å². The minimum absolute atomic E-state index is 0.0123. The van der Waals surface area contributed by atoms with Gasteiger partial charge in [-0.15, -0.1) is 0 Å². The summed E-state index contributed by atoms with van der Waals surface area (Å²) in [6, 6.07) is 14.4. The first-order chi connectivity index (χ1) is 9.60. The number of rotatable bonds is 5. The molecule has 4 N–H and O–H groups in total. The van der Waals surface area contributed by atoms with E-state index in [9.17, 15) is 9.90 Å². The SMILES string of the molecule is NCc1ccc(C(O)c2ccc(CC(=O)O)cc2)cc1. The van der Waals surface area contributed by atoms with Gasteiger partial charge in [0.15, 0.2) is 0 Å². The van der Waals surface area contributed by atoms with Gasteiger partial charge in [-0.2, -0.15) is 0 Å². The van der Waals surface area contributed by atoms with Crippen LogP contribution in [0.4, 0.5) is 0 Å². The first kappa shape index (κ1) is 14.2. The molecule has 0 spiro atoms. The van der Waals surface area contributed by atoms with Gasteiger partial charge in [-0.05, 0) is 22.3 Å². The van der Waals surface area contributed by atoms with E-state index in [0.717, 1.165) is 16.7 Å². The molecule has 2 aromatic rings. The summed E-state index contributed by atoms with van der Waals surface area (Å²) in [5.41, 5.74) is 8.78. The fraction of sp³-hybridized carbons (Fsp3) is 0.188. The zero-order chi connectivity index (χ0) is 14.5. The molecule has 0 saturated carbocycles. The van der Waals surface area contributed by atoms with Gasteiger partial charge in [0.05, 0.1) is 6.42 Å². The average molecular weight is 271 g/mol. The van der Waals surface area contributed by atoms with Crippen molar-refractivity contribution < 1.29 is 15.0 Å². The number of aliphatic hydroxyl groups excluding tert-OH is 1. The van der Waals surface area contributed by atoms with Crippen molar-refractivity contribution in [2.24, 2.45) is 5.73 Å². The van der Waals surface area contributed by atoms with E-state index in [0.29, 0.717) is 12.1 Å². The van der Waals surface area contributed by atoms with E-state index in [1.165, 1.54) is 0 Å². The molecule has 2 aromatic carbocycles. The van der Waals surface area contributed by atoms with E-state index in [4.69, 9.17) is 10.8 Å². The maximum Gasteiger partial charge on any atom is 0.307 e. The molecule has 0 aliphatic carbocycles. The van der Waals surface area contributed by atoms with Gasteiger partial charge in [-0.3, -0.25) is 4.79 Å². The number of benzene rings is 2. The Bertz CT molecular complexity index is 576. The number of hydrogen-bond acceptors (Lipinski definition) is 3.